The highest BCUT2D eigenvalue weighted by atomic mass is 32.1. The number of benzene rings is 3. The number of alkyl halides is 6. The topological polar surface area (TPSA) is 108 Å². The molecule has 1 unspecified atom stereocenters. The molecule has 0 radical (unpaired) electrons. The number of carbonyl (C=O) groups is 3. The fourth-order valence-corrected chi connectivity index (χ4v) is 6.92. The van der Waals surface area contributed by atoms with E-state index in [1.807, 2.05) is 0 Å². The predicted molar refractivity (Wildman–Crippen MR) is 177 cm³/mol. The third-order valence-electron chi connectivity index (χ3n) is 8.61. The maximum Gasteiger partial charge on any atom is 0.419 e. The molecule has 1 atom stereocenters. The van der Waals surface area contributed by atoms with E-state index in [9.17, 15) is 50.2 Å². The Morgan fingerprint density at radius 1 is 0.941 bits per heavy atom. The van der Waals surface area contributed by atoms with E-state index in [1.54, 1.807) is 36.9 Å². The average molecular weight is 740 g/mol. The normalized spacial score (nSPS) is 15.5. The number of hydrogen-bond donors (Lipinski definition) is 3. The van der Waals surface area contributed by atoms with E-state index in [0.29, 0.717) is 55.0 Å². The predicted octanol–water partition coefficient (Wildman–Crippen LogP) is 8.32. The second kappa shape index (κ2) is 14.1. The zero-order chi connectivity index (χ0) is 37.5. The van der Waals surface area contributed by atoms with Gasteiger partial charge in [-0.05, 0) is 74.7 Å². The van der Waals surface area contributed by atoms with Crippen LogP contribution in [0.2, 0.25) is 0 Å². The van der Waals surface area contributed by atoms with E-state index in [1.165, 1.54) is 7.11 Å². The molecule has 0 bridgehead atoms. The third-order valence-corrected chi connectivity index (χ3v) is 9.77. The third kappa shape index (κ3) is 7.96. The standard InChI is InChI=1S/C35H32F7N3O5S/c1-33(2,17-46)32(49)45-12-4-5-19(16-45)18-6-11-26(50-3)23(13-18)30(47)44-28-22-9-7-20(34(37,38)39)14-27(22)51-29(28)31(48)43-21-8-10-25(36)24(15-21)35(40,41)42/h6-11,13-15,19,46H,4-5,12,16-17H2,1-3H3,(H,43,48)(H,44,47). The van der Waals surface area contributed by atoms with Crippen LogP contribution in [0.25, 0.3) is 10.1 Å². The van der Waals surface area contributed by atoms with Gasteiger partial charge in [0.1, 0.15) is 16.4 Å². The molecule has 3 amide bonds. The highest BCUT2D eigenvalue weighted by molar-refractivity contribution is 7.21. The molecule has 0 spiro atoms. The number of amides is 3. The number of halogens is 7. The summed E-state index contributed by atoms with van der Waals surface area (Å²) in [7, 11) is 1.32. The summed E-state index contributed by atoms with van der Waals surface area (Å²) in [5.74, 6) is -3.76. The number of fused-ring (bicyclic) bond motifs is 1. The quantitative estimate of drug-likeness (QED) is 0.158. The second-order valence-corrected chi connectivity index (χ2v) is 13.8. The summed E-state index contributed by atoms with van der Waals surface area (Å²) in [6.07, 6.45) is -8.49. The van der Waals surface area contributed by atoms with E-state index in [0.717, 1.165) is 24.3 Å². The molecule has 4 aromatic rings. The minimum atomic E-state index is -5.08. The molecule has 1 aliphatic rings. The van der Waals surface area contributed by atoms with Gasteiger partial charge in [0.2, 0.25) is 5.91 Å². The lowest BCUT2D eigenvalue weighted by molar-refractivity contribution is -0.143. The molecule has 2 heterocycles. The van der Waals surface area contributed by atoms with E-state index in [2.05, 4.69) is 10.6 Å². The summed E-state index contributed by atoms with van der Waals surface area (Å²) in [5, 5.41) is 14.6. The fourth-order valence-electron chi connectivity index (χ4n) is 5.83. The SMILES string of the molecule is COc1ccc(C2CCCN(C(=O)C(C)(C)CO)C2)cc1C(=O)Nc1c(C(=O)Nc2ccc(F)c(C(F)(F)F)c2)sc2cc(C(F)(F)F)ccc12. The van der Waals surface area contributed by atoms with Crippen molar-refractivity contribution in [3.8, 4) is 5.75 Å². The molecule has 3 N–H and O–H groups in total. The van der Waals surface area contributed by atoms with Gasteiger partial charge in [-0.3, -0.25) is 14.4 Å². The zero-order valence-electron chi connectivity index (χ0n) is 27.4. The van der Waals surface area contributed by atoms with Crippen LogP contribution in [0.1, 0.15) is 69.3 Å². The Hall–Kier alpha value is -4.70. The number of aliphatic hydroxyl groups excluding tert-OH is 1. The summed E-state index contributed by atoms with van der Waals surface area (Å²) >= 11 is 0.565. The number of anilines is 2. The highest BCUT2D eigenvalue weighted by Gasteiger charge is 2.36. The maximum atomic E-state index is 13.9. The van der Waals surface area contributed by atoms with Crippen molar-refractivity contribution in [2.75, 3.05) is 37.4 Å². The van der Waals surface area contributed by atoms with E-state index in [4.69, 9.17) is 4.74 Å². The fraction of sp³-hybridized carbons (Fsp3) is 0.343. The summed E-state index contributed by atoms with van der Waals surface area (Å²) in [6, 6.07) is 9.21. The van der Waals surface area contributed by atoms with Crippen LogP contribution in [0.15, 0.2) is 54.6 Å². The zero-order valence-corrected chi connectivity index (χ0v) is 28.2. The van der Waals surface area contributed by atoms with Gasteiger partial charge >= 0.3 is 12.4 Å². The largest absolute Gasteiger partial charge is 0.496 e. The van der Waals surface area contributed by atoms with Crippen molar-refractivity contribution in [3.63, 3.8) is 0 Å². The minimum Gasteiger partial charge on any atom is -0.496 e. The number of ether oxygens (including phenoxy) is 1. The molecule has 0 aliphatic carbocycles. The maximum absolute atomic E-state index is 13.9. The Bertz CT molecular complexity index is 1990. The number of nitrogens with one attached hydrogen (secondary N) is 2. The van der Waals surface area contributed by atoms with Gasteiger partial charge in [0.05, 0.1) is 41.5 Å². The molecule has 272 valence electrons. The summed E-state index contributed by atoms with van der Waals surface area (Å²) in [4.78, 5) is 41.8. The summed E-state index contributed by atoms with van der Waals surface area (Å²) in [6.45, 7) is 3.74. The van der Waals surface area contributed by atoms with Crippen molar-refractivity contribution in [2.24, 2.45) is 5.41 Å². The van der Waals surface area contributed by atoms with E-state index >= 15 is 0 Å². The molecule has 1 saturated heterocycles. The molecule has 16 heteroatoms. The Balaban J connectivity index is 1.51. The van der Waals surface area contributed by atoms with E-state index in [-0.39, 0.29) is 50.4 Å². The number of methoxy groups -OCH3 is 1. The first kappa shape index (κ1) is 37.6. The van der Waals surface area contributed by atoms with Crippen LogP contribution in [-0.2, 0) is 17.1 Å². The molecule has 1 fully saturated rings. The number of likely N-dealkylation sites (tertiary alicyclic amines) is 1. The molecular formula is C35H32F7N3O5S. The molecule has 3 aromatic carbocycles. The van der Waals surface area contributed by atoms with Gasteiger partial charge in [-0.25, -0.2) is 4.39 Å². The van der Waals surface area contributed by atoms with Crippen LogP contribution in [0.4, 0.5) is 42.1 Å². The van der Waals surface area contributed by atoms with Crippen molar-refractivity contribution < 1.29 is 55.0 Å². The lowest BCUT2D eigenvalue weighted by Crippen LogP contribution is -2.46. The first-order valence-corrected chi connectivity index (χ1v) is 16.4. The lowest BCUT2D eigenvalue weighted by Gasteiger charge is -2.37. The van der Waals surface area contributed by atoms with Crippen molar-refractivity contribution in [3.05, 3.63) is 87.5 Å². The van der Waals surface area contributed by atoms with Gasteiger partial charge in [0.25, 0.3) is 11.8 Å². The Morgan fingerprint density at radius 2 is 1.67 bits per heavy atom. The van der Waals surface area contributed by atoms with Gasteiger partial charge < -0.3 is 25.4 Å². The van der Waals surface area contributed by atoms with Crippen molar-refractivity contribution in [1.29, 1.82) is 0 Å². The van der Waals surface area contributed by atoms with Crippen molar-refractivity contribution in [2.45, 2.75) is 45.0 Å². The van der Waals surface area contributed by atoms with Crippen molar-refractivity contribution in [1.82, 2.24) is 4.90 Å². The van der Waals surface area contributed by atoms with Crippen LogP contribution < -0.4 is 15.4 Å². The number of piperidine rings is 1. The summed E-state index contributed by atoms with van der Waals surface area (Å²) in [5.41, 5.74) is -3.65. The molecule has 0 saturated carbocycles. The van der Waals surface area contributed by atoms with Crippen LogP contribution in [0.5, 0.6) is 5.75 Å². The summed E-state index contributed by atoms with van der Waals surface area (Å²) < 4.78 is 100.0. The number of carbonyl (C=O) groups excluding carboxylic acids is 3. The molecular weight excluding hydrogens is 707 g/mol. The van der Waals surface area contributed by atoms with Crippen LogP contribution in [-0.4, -0.2) is 54.5 Å². The Labute approximate surface area is 291 Å². The smallest absolute Gasteiger partial charge is 0.419 e. The second-order valence-electron chi connectivity index (χ2n) is 12.7. The molecule has 5 rings (SSSR count). The number of rotatable bonds is 8. The number of thiophene rings is 1. The van der Waals surface area contributed by atoms with Gasteiger partial charge in [-0.2, -0.15) is 26.3 Å². The van der Waals surface area contributed by atoms with Gasteiger partial charge in [0.15, 0.2) is 0 Å². The van der Waals surface area contributed by atoms with Gasteiger partial charge in [0, 0.05) is 34.8 Å². The lowest BCUT2D eigenvalue weighted by atomic mass is 9.86. The molecule has 8 nitrogen and oxygen atoms in total. The first-order chi connectivity index (χ1) is 23.8. The average Bonchev–Trinajstić information content (AvgIpc) is 3.45. The first-order valence-electron chi connectivity index (χ1n) is 15.6. The molecule has 1 aromatic heterocycles. The molecule has 1 aliphatic heterocycles. The van der Waals surface area contributed by atoms with Crippen LogP contribution in [0.3, 0.4) is 0 Å². The Morgan fingerprint density at radius 3 is 2.31 bits per heavy atom. The number of nitrogens with zero attached hydrogens (tertiary/aromatic N) is 1. The van der Waals surface area contributed by atoms with Crippen LogP contribution in [0, 0.1) is 11.2 Å². The Kier molecular flexibility index (Phi) is 10.4. The highest BCUT2D eigenvalue weighted by Crippen LogP contribution is 2.41. The number of aliphatic hydroxyl groups is 1. The van der Waals surface area contributed by atoms with Gasteiger partial charge in [-0.1, -0.05) is 12.1 Å². The van der Waals surface area contributed by atoms with Gasteiger partial charge in [-0.15, -0.1) is 11.3 Å². The monoisotopic (exact) mass is 739 g/mol. The number of hydrogen-bond acceptors (Lipinski definition) is 6. The van der Waals surface area contributed by atoms with E-state index < -0.39 is 52.2 Å². The van der Waals surface area contributed by atoms with Crippen molar-refractivity contribution >= 4 is 50.5 Å². The minimum absolute atomic E-state index is 0.000103. The van der Waals surface area contributed by atoms with Crippen LogP contribution >= 0.6 is 11.3 Å². The molecule has 51 heavy (non-hydrogen) atoms.